The average molecular weight is 278 g/mol. The number of rotatable bonds is 3. The number of methoxy groups -OCH3 is 1. The minimum absolute atomic E-state index is 0.215. The zero-order chi connectivity index (χ0) is 11.6. The van der Waals surface area contributed by atoms with Gasteiger partial charge in [0.1, 0.15) is 10.2 Å². The smallest absolute Gasteiger partial charge is 0.407 e. The van der Waals surface area contributed by atoms with Crippen molar-refractivity contribution in [3.05, 3.63) is 10.2 Å². The van der Waals surface area contributed by atoms with Gasteiger partial charge in [-0.3, -0.25) is 0 Å². The number of carbonyl (C=O) groups is 1. The van der Waals surface area contributed by atoms with Gasteiger partial charge in [0.05, 0.1) is 13.7 Å². The Balaban J connectivity index is 2.91. The minimum atomic E-state index is -0.994. The fourth-order valence-electron chi connectivity index (χ4n) is 1.15. The summed E-state index contributed by atoms with van der Waals surface area (Å²) in [7, 11) is 4.75. The summed E-state index contributed by atoms with van der Waals surface area (Å²) in [5.41, 5.74) is 0.624. The topological polar surface area (TPSA) is 67.6 Å². The second-order valence-electron chi connectivity index (χ2n) is 3.03. The second kappa shape index (κ2) is 4.52. The number of amides is 1. The third kappa shape index (κ3) is 2.41. The van der Waals surface area contributed by atoms with Crippen LogP contribution in [-0.4, -0.2) is 40.0 Å². The monoisotopic (exact) mass is 277 g/mol. The predicted octanol–water partition coefficient (Wildman–Crippen LogP) is 1.30. The predicted molar refractivity (Wildman–Crippen MR) is 57.0 cm³/mol. The van der Waals surface area contributed by atoms with E-state index in [9.17, 15) is 4.79 Å². The van der Waals surface area contributed by atoms with Gasteiger partial charge < -0.3 is 14.7 Å². The lowest BCUT2D eigenvalue weighted by Crippen LogP contribution is -2.24. The zero-order valence-corrected chi connectivity index (χ0v) is 10.3. The Morgan fingerprint density at radius 1 is 1.73 bits per heavy atom. The van der Waals surface area contributed by atoms with Gasteiger partial charge in [-0.2, -0.15) is 5.10 Å². The molecule has 15 heavy (non-hydrogen) atoms. The van der Waals surface area contributed by atoms with E-state index in [-0.39, 0.29) is 6.54 Å². The molecular formula is C8H12BrN3O3. The van der Waals surface area contributed by atoms with Gasteiger partial charge in [-0.15, -0.1) is 0 Å². The van der Waals surface area contributed by atoms with Crippen molar-refractivity contribution in [3.63, 3.8) is 0 Å². The molecule has 0 fully saturated rings. The lowest BCUT2D eigenvalue weighted by atomic mass is 10.4. The van der Waals surface area contributed by atoms with Crippen LogP contribution in [0.4, 0.5) is 4.79 Å². The Hall–Kier alpha value is -1.24. The fraction of sp³-hybridized carbons (Fsp3) is 0.500. The first-order valence-corrected chi connectivity index (χ1v) is 4.96. The van der Waals surface area contributed by atoms with Crippen molar-refractivity contribution in [1.29, 1.82) is 0 Å². The normalized spacial score (nSPS) is 10.1. The molecule has 6 nitrogen and oxygen atoms in total. The molecule has 0 saturated carbocycles. The summed E-state index contributed by atoms with van der Waals surface area (Å²) in [4.78, 5) is 11.8. The number of aryl methyl sites for hydroxylation is 1. The van der Waals surface area contributed by atoms with Crippen LogP contribution < -0.4 is 4.74 Å². The molecule has 0 spiro atoms. The number of ether oxygens (including phenoxy) is 1. The summed E-state index contributed by atoms with van der Waals surface area (Å²) < 4.78 is 7.32. The van der Waals surface area contributed by atoms with Gasteiger partial charge in [0.15, 0.2) is 0 Å². The highest BCUT2D eigenvalue weighted by Gasteiger charge is 2.17. The van der Waals surface area contributed by atoms with Gasteiger partial charge in [0.2, 0.25) is 5.88 Å². The quantitative estimate of drug-likeness (QED) is 0.905. The summed E-state index contributed by atoms with van der Waals surface area (Å²) in [6.07, 6.45) is -0.994. The van der Waals surface area contributed by atoms with Crippen LogP contribution in [0.25, 0.3) is 0 Å². The maximum atomic E-state index is 10.6. The van der Waals surface area contributed by atoms with E-state index in [2.05, 4.69) is 21.0 Å². The summed E-state index contributed by atoms with van der Waals surface area (Å²) in [6.45, 7) is 0.215. The highest BCUT2D eigenvalue weighted by atomic mass is 79.9. The fourth-order valence-corrected chi connectivity index (χ4v) is 1.77. The summed E-state index contributed by atoms with van der Waals surface area (Å²) in [5.74, 6) is 0.573. The van der Waals surface area contributed by atoms with E-state index in [0.29, 0.717) is 16.0 Å². The van der Waals surface area contributed by atoms with Crippen LogP contribution in [-0.2, 0) is 13.6 Å². The van der Waals surface area contributed by atoms with E-state index >= 15 is 0 Å². The number of halogens is 1. The van der Waals surface area contributed by atoms with Gasteiger partial charge in [-0.05, 0) is 15.9 Å². The molecule has 1 N–H and O–H groups in total. The standard InChI is InChI=1S/C8H12BrN3O3/c1-11(8(13)14)4-5-6(9)7(15-3)12(2)10-5/h4H2,1-3H3,(H,13,14). The number of carboxylic acid groups (broad SMARTS) is 1. The molecule has 0 bridgehead atoms. The van der Waals surface area contributed by atoms with E-state index in [1.54, 1.807) is 11.7 Å². The minimum Gasteiger partial charge on any atom is -0.480 e. The van der Waals surface area contributed by atoms with Crippen molar-refractivity contribution < 1.29 is 14.6 Å². The van der Waals surface area contributed by atoms with Crippen molar-refractivity contribution in [3.8, 4) is 5.88 Å². The lowest BCUT2D eigenvalue weighted by Gasteiger charge is -2.10. The largest absolute Gasteiger partial charge is 0.480 e. The van der Waals surface area contributed by atoms with Crippen molar-refractivity contribution in [2.45, 2.75) is 6.54 Å². The molecule has 0 aliphatic carbocycles. The summed E-state index contributed by atoms with van der Waals surface area (Å²) in [5, 5.41) is 12.9. The van der Waals surface area contributed by atoms with Crippen LogP contribution >= 0.6 is 15.9 Å². The van der Waals surface area contributed by atoms with Crippen molar-refractivity contribution in [1.82, 2.24) is 14.7 Å². The Bertz CT molecular complexity index is 377. The van der Waals surface area contributed by atoms with Crippen LogP contribution in [0.2, 0.25) is 0 Å². The molecule has 1 aromatic heterocycles. The Morgan fingerprint density at radius 2 is 2.33 bits per heavy atom. The van der Waals surface area contributed by atoms with Crippen molar-refractivity contribution in [2.75, 3.05) is 14.2 Å². The van der Waals surface area contributed by atoms with E-state index in [4.69, 9.17) is 9.84 Å². The summed E-state index contributed by atoms with van der Waals surface area (Å²) >= 11 is 3.31. The molecule has 1 rings (SSSR count). The average Bonchev–Trinajstić information content (AvgIpc) is 2.41. The van der Waals surface area contributed by atoms with E-state index in [1.807, 2.05) is 0 Å². The van der Waals surface area contributed by atoms with Gasteiger partial charge in [0.25, 0.3) is 0 Å². The number of hydrogen-bond donors (Lipinski definition) is 1. The molecule has 0 aliphatic rings. The third-order valence-corrected chi connectivity index (χ3v) is 2.71. The van der Waals surface area contributed by atoms with Crippen LogP contribution in [0.15, 0.2) is 4.47 Å². The lowest BCUT2D eigenvalue weighted by molar-refractivity contribution is 0.153. The van der Waals surface area contributed by atoms with Gasteiger partial charge in [0, 0.05) is 14.1 Å². The number of aromatic nitrogens is 2. The summed E-state index contributed by atoms with van der Waals surface area (Å²) in [6, 6.07) is 0. The molecule has 1 aromatic rings. The highest BCUT2D eigenvalue weighted by Crippen LogP contribution is 2.28. The molecule has 0 saturated heterocycles. The Kier molecular flexibility index (Phi) is 3.57. The molecule has 7 heteroatoms. The SMILES string of the molecule is COc1c(Br)c(CN(C)C(=O)O)nn1C. The van der Waals surface area contributed by atoms with Crippen molar-refractivity contribution in [2.24, 2.45) is 7.05 Å². The number of nitrogens with zero attached hydrogens (tertiary/aromatic N) is 3. The first-order valence-electron chi connectivity index (χ1n) is 4.16. The molecule has 1 heterocycles. The first-order chi connectivity index (χ1) is 6.97. The van der Waals surface area contributed by atoms with E-state index < -0.39 is 6.09 Å². The first kappa shape index (κ1) is 11.8. The Labute approximate surface area is 95.6 Å². The molecule has 0 aromatic carbocycles. The molecule has 0 radical (unpaired) electrons. The third-order valence-electron chi connectivity index (χ3n) is 1.91. The van der Waals surface area contributed by atoms with Crippen molar-refractivity contribution >= 4 is 22.0 Å². The molecule has 1 amide bonds. The molecular weight excluding hydrogens is 266 g/mol. The van der Waals surface area contributed by atoms with E-state index in [1.165, 1.54) is 14.2 Å². The molecule has 84 valence electrons. The Morgan fingerprint density at radius 3 is 2.73 bits per heavy atom. The van der Waals surface area contributed by atoms with Crippen LogP contribution in [0.1, 0.15) is 5.69 Å². The molecule has 0 aliphatic heterocycles. The van der Waals surface area contributed by atoms with Crippen LogP contribution in [0.3, 0.4) is 0 Å². The van der Waals surface area contributed by atoms with E-state index in [0.717, 1.165) is 4.90 Å². The van der Waals surface area contributed by atoms with Crippen LogP contribution in [0, 0.1) is 0 Å². The second-order valence-corrected chi connectivity index (χ2v) is 3.83. The van der Waals surface area contributed by atoms with Gasteiger partial charge >= 0.3 is 6.09 Å². The maximum Gasteiger partial charge on any atom is 0.407 e. The molecule has 0 unspecified atom stereocenters. The zero-order valence-electron chi connectivity index (χ0n) is 8.69. The van der Waals surface area contributed by atoms with Crippen LogP contribution in [0.5, 0.6) is 5.88 Å². The maximum absolute atomic E-state index is 10.6. The molecule has 0 atom stereocenters. The van der Waals surface area contributed by atoms with Gasteiger partial charge in [-0.25, -0.2) is 9.48 Å². The van der Waals surface area contributed by atoms with Gasteiger partial charge in [-0.1, -0.05) is 0 Å². The number of hydrogen-bond acceptors (Lipinski definition) is 3. The highest BCUT2D eigenvalue weighted by molar-refractivity contribution is 9.10.